The molecule has 3 aromatic rings. The third kappa shape index (κ3) is 4.94. The Bertz CT molecular complexity index is 1270. The molecule has 2 aliphatic heterocycles. The predicted octanol–water partition coefficient (Wildman–Crippen LogP) is 5.19. The Balaban J connectivity index is 1.24. The third-order valence-electron chi connectivity index (χ3n) is 7.32. The van der Waals surface area contributed by atoms with Crippen LogP contribution in [-0.4, -0.2) is 88.7 Å². The van der Waals surface area contributed by atoms with Crippen LogP contribution in [-0.2, 0) is 0 Å². The maximum atomic E-state index is 13.5. The van der Waals surface area contributed by atoms with Gasteiger partial charge in [-0.2, -0.15) is 0 Å². The topological polar surface area (TPSA) is 35.0 Å². The summed E-state index contributed by atoms with van der Waals surface area (Å²) < 4.78 is 15.6. The van der Waals surface area contributed by atoms with Crippen LogP contribution in [0.1, 0.15) is 24.3 Å². The van der Waals surface area contributed by atoms with Gasteiger partial charge in [0.25, 0.3) is 0 Å². The molecule has 2 aromatic carbocycles. The first-order chi connectivity index (χ1) is 17.3. The first-order valence-electron chi connectivity index (χ1n) is 12.4. The SMILES string of the molecule is CN(C)C(=S)N1CCN(CCN2CCC(c3cn(-c4ccc(F)cc4)c4ccc(Cl)cc34)CC2)C1=O. The van der Waals surface area contributed by atoms with Gasteiger partial charge < -0.3 is 19.3 Å². The summed E-state index contributed by atoms with van der Waals surface area (Å²) in [5.74, 6) is 0.180. The van der Waals surface area contributed by atoms with Gasteiger partial charge in [0.1, 0.15) is 5.82 Å². The second-order valence-electron chi connectivity index (χ2n) is 9.81. The van der Waals surface area contributed by atoms with Crippen LogP contribution in [0.15, 0.2) is 48.7 Å². The Labute approximate surface area is 221 Å². The van der Waals surface area contributed by atoms with Crippen LogP contribution in [0.3, 0.4) is 0 Å². The van der Waals surface area contributed by atoms with Gasteiger partial charge in [0, 0.05) is 62.6 Å². The number of hydrogen-bond acceptors (Lipinski definition) is 3. The summed E-state index contributed by atoms with van der Waals surface area (Å²) >= 11 is 11.8. The number of piperidine rings is 1. The van der Waals surface area contributed by atoms with E-state index in [1.54, 1.807) is 4.90 Å². The van der Waals surface area contributed by atoms with Crippen LogP contribution in [0.5, 0.6) is 0 Å². The summed E-state index contributed by atoms with van der Waals surface area (Å²) in [4.78, 5) is 20.6. The van der Waals surface area contributed by atoms with E-state index in [9.17, 15) is 9.18 Å². The van der Waals surface area contributed by atoms with Crippen LogP contribution < -0.4 is 0 Å². The molecule has 190 valence electrons. The number of carbonyl (C=O) groups is 1. The average molecular weight is 528 g/mol. The van der Waals surface area contributed by atoms with Crippen molar-refractivity contribution in [2.75, 3.05) is 53.4 Å². The van der Waals surface area contributed by atoms with Crippen LogP contribution in [0.2, 0.25) is 5.02 Å². The molecule has 2 fully saturated rings. The third-order valence-corrected chi connectivity index (χ3v) is 8.14. The molecule has 0 saturated carbocycles. The van der Waals surface area contributed by atoms with Crippen molar-refractivity contribution in [1.29, 1.82) is 0 Å². The van der Waals surface area contributed by atoms with Crippen molar-refractivity contribution >= 4 is 45.9 Å². The zero-order valence-corrected chi connectivity index (χ0v) is 22.2. The molecule has 0 atom stereocenters. The van der Waals surface area contributed by atoms with E-state index in [1.165, 1.54) is 17.7 Å². The maximum Gasteiger partial charge on any atom is 0.326 e. The fourth-order valence-electron chi connectivity index (χ4n) is 5.31. The number of carbonyl (C=O) groups excluding carboxylic acids is 1. The number of nitrogens with zero attached hydrogens (tertiary/aromatic N) is 5. The number of urea groups is 1. The van der Waals surface area contributed by atoms with E-state index in [2.05, 4.69) is 15.7 Å². The molecular formula is C27H31ClFN5OS. The summed E-state index contributed by atoms with van der Waals surface area (Å²) in [7, 11) is 3.74. The molecule has 2 amide bonds. The Morgan fingerprint density at radius 1 is 1.06 bits per heavy atom. The molecule has 2 saturated heterocycles. The fourth-order valence-corrected chi connectivity index (χ4v) is 5.65. The van der Waals surface area contributed by atoms with Gasteiger partial charge in [0.05, 0.1) is 5.52 Å². The van der Waals surface area contributed by atoms with E-state index < -0.39 is 0 Å². The Hall–Kier alpha value is -2.68. The number of hydrogen-bond donors (Lipinski definition) is 0. The van der Waals surface area contributed by atoms with E-state index in [-0.39, 0.29) is 11.8 Å². The van der Waals surface area contributed by atoms with Crippen molar-refractivity contribution in [3.8, 4) is 5.69 Å². The summed E-state index contributed by atoms with van der Waals surface area (Å²) in [6, 6.07) is 12.6. The number of fused-ring (bicyclic) bond motifs is 1. The number of likely N-dealkylation sites (tertiary alicyclic amines) is 1. The highest BCUT2D eigenvalue weighted by Gasteiger charge is 2.32. The number of thiocarbonyl (C=S) groups is 1. The minimum absolute atomic E-state index is 0.00840. The molecular weight excluding hydrogens is 497 g/mol. The summed E-state index contributed by atoms with van der Waals surface area (Å²) in [6.45, 7) is 4.91. The number of benzene rings is 2. The van der Waals surface area contributed by atoms with Crippen molar-refractivity contribution in [1.82, 2.24) is 24.2 Å². The minimum atomic E-state index is -0.241. The first-order valence-corrected chi connectivity index (χ1v) is 13.2. The zero-order chi connectivity index (χ0) is 25.4. The van der Waals surface area contributed by atoms with Gasteiger partial charge in [-0.25, -0.2) is 9.18 Å². The number of amides is 2. The molecule has 0 radical (unpaired) electrons. The maximum absolute atomic E-state index is 13.5. The molecule has 2 aliphatic rings. The van der Waals surface area contributed by atoms with Crippen LogP contribution in [0, 0.1) is 5.82 Å². The van der Waals surface area contributed by atoms with Gasteiger partial charge in [-0.15, -0.1) is 0 Å². The second-order valence-corrected chi connectivity index (χ2v) is 10.6. The first kappa shape index (κ1) is 25.0. The van der Waals surface area contributed by atoms with E-state index >= 15 is 0 Å². The molecule has 0 unspecified atom stereocenters. The van der Waals surface area contributed by atoms with E-state index in [1.807, 2.05) is 54.2 Å². The zero-order valence-electron chi connectivity index (χ0n) is 20.7. The van der Waals surface area contributed by atoms with E-state index in [0.29, 0.717) is 24.1 Å². The number of halogens is 2. The normalized spacial score (nSPS) is 17.4. The van der Waals surface area contributed by atoms with Crippen LogP contribution in [0.4, 0.5) is 9.18 Å². The highest BCUT2D eigenvalue weighted by molar-refractivity contribution is 7.80. The molecule has 3 heterocycles. The molecule has 9 heteroatoms. The van der Waals surface area contributed by atoms with Gasteiger partial charge >= 0.3 is 6.03 Å². The summed E-state index contributed by atoms with van der Waals surface area (Å²) in [5, 5.41) is 2.45. The Morgan fingerprint density at radius 3 is 2.47 bits per heavy atom. The molecule has 5 rings (SSSR count). The molecule has 1 aromatic heterocycles. The Kier molecular flexibility index (Phi) is 7.19. The van der Waals surface area contributed by atoms with E-state index in [4.69, 9.17) is 23.8 Å². The lowest BCUT2D eigenvalue weighted by Crippen LogP contribution is -2.44. The van der Waals surface area contributed by atoms with Crippen molar-refractivity contribution in [3.63, 3.8) is 0 Å². The molecule has 0 spiro atoms. The predicted molar refractivity (Wildman–Crippen MR) is 147 cm³/mol. The van der Waals surface area contributed by atoms with Crippen molar-refractivity contribution in [2.24, 2.45) is 0 Å². The lowest BCUT2D eigenvalue weighted by Gasteiger charge is -2.33. The molecule has 6 nitrogen and oxygen atoms in total. The highest BCUT2D eigenvalue weighted by atomic mass is 35.5. The average Bonchev–Trinajstić information content (AvgIpc) is 3.43. The van der Waals surface area contributed by atoms with Crippen molar-refractivity contribution in [2.45, 2.75) is 18.8 Å². The van der Waals surface area contributed by atoms with Crippen molar-refractivity contribution in [3.05, 3.63) is 65.1 Å². The summed E-state index contributed by atoms with van der Waals surface area (Å²) in [5.41, 5.74) is 3.31. The van der Waals surface area contributed by atoms with Gasteiger partial charge in [-0.3, -0.25) is 4.90 Å². The molecule has 0 bridgehead atoms. The standard InChI is InChI=1S/C27H31ClFN5OS/c1-30(2)27(36)33-16-15-32(26(33)35)14-13-31-11-9-19(10-12-31)24-18-34(22-6-4-21(29)5-7-22)25-8-3-20(28)17-23(24)25/h3-8,17-19H,9-16H2,1-2H3. The van der Waals surface area contributed by atoms with Crippen LogP contribution >= 0.6 is 23.8 Å². The monoisotopic (exact) mass is 527 g/mol. The second kappa shape index (κ2) is 10.4. The largest absolute Gasteiger partial charge is 0.355 e. The molecule has 36 heavy (non-hydrogen) atoms. The van der Waals surface area contributed by atoms with Gasteiger partial charge in [0.15, 0.2) is 5.11 Å². The Morgan fingerprint density at radius 2 is 1.78 bits per heavy atom. The van der Waals surface area contributed by atoms with Crippen molar-refractivity contribution < 1.29 is 9.18 Å². The lowest BCUT2D eigenvalue weighted by molar-refractivity contribution is 0.176. The smallest absolute Gasteiger partial charge is 0.326 e. The number of aromatic nitrogens is 1. The van der Waals surface area contributed by atoms with Gasteiger partial charge in [-0.05, 0) is 92.1 Å². The quantitative estimate of drug-likeness (QED) is 0.428. The summed E-state index contributed by atoms with van der Waals surface area (Å²) in [6.07, 6.45) is 4.28. The highest BCUT2D eigenvalue weighted by Crippen LogP contribution is 2.37. The minimum Gasteiger partial charge on any atom is -0.355 e. The van der Waals surface area contributed by atoms with Gasteiger partial charge in [-0.1, -0.05) is 11.6 Å². The fraction of sp³-hybridized carbons (Fsp3) is 0.407. The molecule has 0 N–H and O–H groups in total. The van der Waals surface area contributed by atoms with Crippen LogP contribution in [0.25, 0.3) is 16.6 Å². The molecule has 0 aliphatic carbocycles. The lowest BCUT2D eigenvalue weighted by atomic mass is 9.89. The van der Waals surface area contributed by atoms with E-state index in [0.717, 1.165) is 60.6 Å². The van der Waals surface area contributed by atoms with Gasteiger partial charge in [0.2, 0.25) is 0 Å². The number of rotatable bonds is 5.